The molecule has 116 valence electrons. The molecule has 0 bridgehead atoms. The second kappa shape index (κ2) is 6.22. The van der Waals surface area contributed by atoms with E-state index in [4.69, 9.17) is 17.3 Å². The van der Waals surface area contributed by atoms with Gasteiger partial charge in [0.2, 0.25) is 5.95 Å². The first-order valence-electron chi connectivity index (χ1n) is 7.45. The fraction of sp³-hybridized carbons (Fsp3) is 0.562. The number of hydrogen-bond acceptors (Lipinski definition) is 2. The maximum atomic E-state index is 13.5. The Morgan fingerprint density at radius 3 is 2.71 bits per heavy atom. The van der Waals surface area contributed by atoms with E-state index in [-0.39, 0.29) is 10.4 Å². The van der Waals surface area contributed by atoms with Gasteiger partial charge in [0.15, 0.2) is 0 Å². The minimum atomic E-state index is -0.462. The third-order valence-electron chi connectivity index (χ3n) is 3.86. The first-order chi connectivity index (χ1) is 9.84. The number of imidazole rings is 1. The van der Waals surface area contributed by atoms with Crippen molar-refractivity contribution in [3.63, 3.8) is 0 Å². The van der Waals surface area contributed by atoms with Gasteiger partial charge in [-0.1, -0.05) is 51.6 Å². The summed E-state index contributed by atoms with van der Waals surface area (Å²) in [5.41, 5.74) is 7.46. The molecule has 2 N–H and O–H groups in total. The predicted octanol–water partition coefficient (Wildman–Crippen LogP) is 5.02. The topological polar surface area (TPSA) is 43.8 Å². The molecule has 3 nitrogen and oxygen atoms in total. The molecule has 2 aromatic rings. The molecule has 0 amide bonds. The van der Waals surface area contributed by atoms with Gasteiger partial charge in [-0.25, -0.2) is 9.37 Å². The van der Waals surface area contributed by atoms with E-state index in [0.29, 0.717) is 11.5 Å². The molecule has 21 heavy (non-hydrogen) atoms. The Balaban J connectivity index is 2.29. The number of unbranched alkanes of at least 4 members (excludes halogenated alkanes) is 2. The van der Waals surface area contributed by atoms with Crippen LogP contribution in [0.5, 0.6) is 0 Å². The lowest BCUT2D eigenvalue weighted by molar-refractivity contribution is 0.276. The number of nitrogens with zero attached hydrogens (tertiary/aromatic N) is 2. The van der Waals surface area contributed by atoms with E-state index in [2.05, 4.69) is 25.8 Å². The highest BCUT2D eigenvalue weighted by Crippen LogP contribution is 2.31. The van der Waals surface area contributed by atoms with Crippen molar-refractivity contribution in [1.29, 1.82) is 0 Å². The molecule has 2 rings (SSSR count). The van der Waals surface area contributed by atoms with Crippen LogP contribution in [0, 0.1) is 11.2 Å². The summed E-state index contributed by atoms with van der Waals surface area (Å²) >= 11 is 5.89. The quantitative estimate of drug-likeness (QED) is 0.761. The molecule has 5 heteroatoms. The summed E-state index contributed by atoms with van der Waals surface area (Å²) in [5.74, 6) is -0.0498. The van der Waals surface area contributed by atoms with Crippen molar-refractivity contribution in [3.05, 3.63) is 23.0 Å². The van der Waals surface area contributed by atoms with Crippen molar-refractivity contribution in [2.24, 2.45) is 5.41 Å². The van der Waals surface area contributed by atoms with Crippen LogP contribution >= 0.6 is 11.6 Å². The number of hydrogen-bond donors (Lipinski definition) is 1. The van der Waals surface area contributed by atoms with Crippen LogP contribution in [0.2, 0.25) is 5.02 Å². The van der Waals surface area contributed by atoms with Gasteiger partial charge >= 0.3 is 0 Å². The molecule has 1 aromatic carbocycles. The third kappa shape index (κ3) is 3.67. The number of benzene rings is 1. The first kappa shape index (κ1) is 16.1. The molecule has 0 unspecified atom stereocenters. The van der Waals surface area contributed by atoms with Gasteiger partial charge < -0.3 is 10.3 Å². The molecule has 0 spiro atoms. The highest BCUT2D eigenvalue weighted by atomic mass is 35.5. The van der Waals surface area contributed by atoms with E-state index in [1.54, 1.807) is 6.07 Å². The van der Waals surface area contributed by atoms with Crippen molar-refractivity contribution in [2.75, 3.05) is 5.73 Å². The normalized spacial score (nSPS) is 12.2. The van der Waals surface area contributed by atoms with Crippen LogP contribution < -0.4 is 5.73 Å². The molecule has 0 saturated carbocycles. The Kier molecular flexibility index (Phi) is 4.77. The smallest absolute Gasteiger partial charge is 0.201 e. The average molecular weight is 312 g/mol. The van der Waals surface area contributed by atoms with Gasteiger partial charge in [-0.3, -0.25) is 0 Å². The molecule has 0 aliphatic carbocycles. The molecule has 0 aliphatic heterocycles. The van der Waals surface area contributed by atoms with Crippen LogP contribution in [0.25, 0.3) is 11.0 Å². The summed E-state index contributed by atoms with van der Waals surface area (Å²) in [6.07, 6.45) is 4.77. The molecule has 0 radical (unpaired) electrons. The number of aromatic nitrogens is 2. The lowest BCUT2D eigenvalue weighted by Gasteiger charge is -2.26. The number of fused-ring (bicyclic) bond motifs is 1. The molecule has 0 saturated heterocycles. The van der Waals surface area contributed by atoms with Crippen molar-refractivity contribution < 1.29 is 4.39 Å². The van der Waals surface area contributed by atoms with Crippen molar-refractivity contribution in [2.45, 2.75) is 53.0 Å². The summed E-state index contributed by atoms with van der Waals surface area (Å²) < 4.78 is 15.4. The minimum absolute atomic E-state index is 0.104. The zero-order chi connectivity index (χ0) is 15.6. The van der Waals surface area contributed by atoms with Crippen LogP contribution in [0.3, 0.4) is 0 Å². The van der Waals surface area contributed by atoms with E-state index in [1.165, 1.54) is 25.3 Å². The summed E-state index contributed by atoms with van der Waals surface area (Å²) in [6.45, 7) is 7.39. The van der Waals surface area contributed by atoms with Crippen LogP contribution in [-0.4, -0.2) is 9.55 Å². The SMILES string of the molecule is CCCCCC(C)(C)Cn1c(N)nc2cc(F)c(Cl)cc21. The lowest BCUT2D eigenvalue weighted by atomic mass is 9.86. The second-order valence-electron chi connectivity index (χ2n) is 6.43. The Labute approximate surface area is 130 Å². The molecule has 0 atom stereocenters. The highest BCUT2D eigenvalue weighted by molar-refractivity contribution is 6.31. The van der Waals surface area contributed by atoms with Crippen LogP contribution in [-0.2, 0) is 6.54 Å². The van der Waals surface area contributed by atoms with Crippen molar-refractivity contribution in [3.8, 4) is 0 Å². The van der Waals surface area contributed by atoms with Gasteiger partial charge in [-0.05, 0) is 17.9 Å². The second-order valence-corrected chi connectivity index (χ2v) is 6.84. The Morgan fingerprint density at radius 2 is 2.05 bits per heavy atom. The maximum absolute atomic E-state index is 13.5. The van der Waals surface area contributed by atoms with Gasteiger partial charge in [0, 0.05) is 12.6 Å². The molecular weight excluding hydrogens is 289 g/mol. The monoisotopic (exact) mass is 311 g/mol. The van der Waals surface area contributed by atoms with Crippen LogP contribution in [0.1, 0.15) is 46.5 Å². The van der Waals surface area contributed by atoms with E-state index in [9.17, 15) is 4.39 Å². The summed E-state index contributed by atoms with van der Waals surface area (Å²) in [4.78, 5) is 4.24. The predicted molar refractivity (Wildman–Crippen MR) is 87.0 cm³/mol. The Hall–Kier alpha value is -1.29. The standard InChI is InChI=1S/C16H23ClFN3/c1-4-5-6-7-16(2,3)10-21-14-8-11(17)12(18)9-13(14)20-15(21)19/h8-9H,4-7,10H2,1-3H3,(H2,19,20). The first-order valence-corrected chi connectivity index (χ1v) is 7.82. The zero-order valence-corrected chi connectivity index (χ0v) is 13.7. The zero-order valence-electron chi connectivity index (χ0n) is 12.9. The number of halogens is 2. The van der Waals surface area contributed by atoms with Gasteiger partial charge in [-0.15, -0.1) is 0 Å². The van der Waals surface area contributed by atoms with E-state index in [1.807, 2.05) is 4.57 Å². The summed E-state index contributed by atoms with van der Waals surface area (Å²) in [6, 6.07) is 2.95. The maximum Gasteiger partial charge on any atom is 0.201 e. The number of rotatable bonds is 6. The molecular formula is C16H23ClFN3. The van der Waals surface area contributed by atoms with Crippen molar-refractivity contribution in [1.82, 2.24) is 9.55 Å². The number of nitrogen functional groups attached to an aromatic ring is 1. The van der Waals surface area contributed by atoms with Gasteiger partial charge in [0.05, 0.1) is 16.1 Å². The number of nitrogens with two attached hydrogens (primary N) is 1. The van der Waals surface area contributed by atoms with Gasteiger partial charge in [-0.2, -0.15) is 0 Å². The lowest BCUT2D eigenvalue weighted by Crippen LogP contribution is -2.20. The minimum Gasteiger partial charge on any atom is -0.369 e. The molecule has 0 fully saturated rings. The third-order valence-corrected chi connectivity index (χ3v) is 4.15. The molecule has 1 aromatic heterocycles. The molecule has 1 heterocycles. The Bertz CT molecular complexity index is 634. The number of anilines is 1. The molecule has 0 aliphatic rings. The summed E-state index contributed by atoms with van der Waals surface area (Å²) in [7, 11) is 0. The van der Waals surface area contributed by atoms with E-state index < -0.39 is 5.82 Å². The largest absolute Gasteiger partial charge is 0.369 e. The van der Waals surface area contributed by atoms with Gasteiger partial charge in [0.1, 0.15) is 5.82 Å². The fourth-order valence-electron chi connectivity index (χ4n) is 2.67. The average Bonchev–Trinajstić information content (AvgIpc) is 2.66. The van der Waals surface area contributed by atoms with Crippen LogP contribution in [0.4, 0.5) is 10.3 Å². The van der Waals surface area contributed by atoms with Gasteiger partial charge in [0.25, 0.3) is 0 Å². The highest BCUT2D eigenvalue weighted by Gasteiger charge is 2.21. The fourth-order valence-corrected chi connectivity index (χ4v) is 2.82. The van der Waals surface area contributed by atoms with Crippen LogP contribution in [0.15, 0.2) is 12.1 Å². The van der Waals surface area contributed by atoms with E-state index >= 15 is 0 Å². The Morgan fingerprint density at radius 1 is 1.33 bits per heavy atom. The van der Waals surface area contributed by atoms with Crippen molar-refractivity contribution >= 4 is 28.6 Å². The van der Waals surface area contributed by atoms with E-state index in [0.717, 1.165) is 18.5 Å². The summed E-state index contributed by atoms with van der Waals surface area (Å²) in [5, 5.41) is 0.104.